The predicted molar refractivity (Wildman–Crippen MR) is 90.9 cm³/mol. The number of hydrogen-bond donors (Lipinski definition) is 1. The average molecular weight is 347 g/mol. The molecule has 0 spiro atoms. The van der Waals surface area contributed by atoms with Crippen molar-refractivity contribution in [2.24, 2.45) is 0 Å². The van der Waals surface area contributed by atoms with Gasteiger partial charge in [0.05, 0.1) is 5.69 Å². The summed E-state index contributed by atoms with van der Waals surface area (Å²) in [7, 11) is 1.64. The number of likely N-dealkylation sites (N-methyl/N-ethyl adjacent to an activating group) is 1. The number of para-hydroxylation sites is 1. The third kappa shape index (κ3) is 3.44. The first-order valence-corrected chi connectivity index (χ1v) is 7.63. The highest BCUT2D eigenvalue weighted by Crippen LogP contribution is 2.37. The van der Waals surface area contributed by atoms with Crippen molar-refractivity contribution in [1.29, 1.82) is 0 Å². The van der Waals surface area contributed by atoms with Gasteiger partial charge < -0.3 is 19.7 Å². The Morgan fingerprint density at radius 1 is 1.29 bits per heavy atom. The van der Waals surface area contributed by atoms with Crippen LogP contribution in [0.15, 0.2) is 42.5 Å². The number of carbonyl (C=O) groups is 2. The van der Waals surface area contributed by atoms with Gasteiger partial charge in [0, 0.05) is 12.1 Å². The summed E-state index contributed by atoms with van der Waals surface area (Å²) in [5, 5.41) is 3.33. The predicted octanol–water partition coefficient (Wildman–Crippen LogP) is 2.71. The van der Waals surface area contributed by atoms with Gasteiger partial charge in [-0.3, -0.25) is 9.59 Å². The number of hydrogen-bond acceptors (Lipinski definition) is 4. The molecule has 1 aliphatic rings. The first-order chi connectivity index (χ1) is 11.5. The van der Waals surface area contributed by atoms with Crippen molar-refractivity contribution in [3.8, 4) is 11.5 Å². The number of nitrogens with one attached hydrogen (secondary N) is 1. The Kier molecular flexibility index (Phi) is 4.57. The fraction of sp³-hybridized carbons (Fsp3) is 0.176. The number of nitrogens with zero attached hydrogens (tertiary/aromatic N) is 1. The minimum absolute atomic E-state index is 0.0133. The second-order valence-corrected chi connectivity index (χ2v) is 5.62. The summed E-state index contributed by atoms with van der Waals surface area (Å²) < 4.78 is 10.8. The molecule has 0 bridgehead atoms. The van der Waals surface area contributed by atoms with Gasteiger partial charge in [0.1, 0.15) is 17.2 Å². The van der Waals surface area contributed by atoms with E-state index >= 15 is 0 Å². The summed E-state index contributed by atoms with van der Waals surface area (Å²) >= 11 is 5.80. The van der Waals surface area contributed by atoms with Crippen LogP contribution < -0.4 is 19.7 Å². The van der Waals surface area contributed by atoms with Crippen LogP contribution in [0.5, 0.6) is 11.5 Å². The van der Waals surface area contributed by atoms with Gasteiger partial charge in [0.25, 0.3) is 11.8 Å². The Morgan fingerprint density at radius 2 is 2.04 bits per heavy atom. The van der Waals surface area contributed by atoms with Gasteiger partial charge in [-0.15, -0.1) is 0 Å². The van der Waals surface area contributed by atoms with Crippen LogP contribution in [0.3, 0.4) is 0 Å². The number of benzene rings is 2. The molecule has 124 valence electrons. The van der Waals surface area contributed by atoms with Crippen LogP contribution in [0.4, 0.5) is 11.4 Å². The lowest BCUT2D eigenvalue weighted by Gasteiger charge is -2.28. The zero-order valence-corrected chi connectivity index (χ0v) is 13.7. The summed E-state index contributed by atoms with van der Waals surface area (Å²) in [5.74, 6) is 0.570. The summed E-state index contributed by atoms with van der Waals surface area (Å²) in [5.41, 5.74) is 1.03. The molecule has 0 aromatic heterocycles. The second kappa shape index (κ2) is 6.80. The summed E-state index contributed by atoms with van der Waals surface area (Å²) in [4.78, 5) is 25.4. The molecule has 0 fully saturated rings. The first kappa shape index (κ1) is 16.1. The molecule has 0 aliphatic carbocycles. The number of ether oxygens (including phenoxy) is 2. The molecule has 7 heteroatoms. The average Bonchev–Trinajstić information content (AvgIpc) is 2.58. The smallest absolute Gasteiger partial charge is 0.264 e. The van der Waals surface area contributed by atoms with Crippen LogP contribution in [-0.4, -0.2) is 32.1 Å². The van der Waals surface area contributed by atoms with Crippen LogP contribution in [0, 0.1) is 0 Å². The third-order valence-electron chi connectivity index (χ3n) is 3.52. The Bertz CT molecular complexity index is 777. The van der Waals surface area contributed by atoms with Gasteiger partial charge in [0.15, 0.2) is 13.2 Å². The minimum Gasteiger partial charge on any atom is -0.484 e. The lowest BCUT2D eigenvalue weighted by molar-refractivity contribution is -0.121. The molecule has 0 atom stereocenters. The monoisotopic (exact) mass is 346 g/mol. The molecule has 2 aromatic rings. The van der Waals surface area contributed by atoms with E-state index in [2.05, 4.69) is 5.32 Å². The van der Waals surface area contributed by atoms with Gasteiger partial charge >= 0.3 is 0 Å². The van der Waals surface area contributed by atoms with Gasteiger partial charge in [-0.2, -0.15) is 0 Å². The number of amides is 2. The van der Waals surface area contributed by atoms with Crippen LogP contribution in [0.25, 0.3) is 0 Å². The maximum atomic E-state index is 12.1. The number of rotatable bonds is 4. The summed E-state index contributed by atoms with van der Waals surface area (Å²) in [6, 6.07) is 11.9. The fourth-order valence-electron chi connectivity index (χ4n) is 2.31. The van der Waals surface area contributed by atoms with Crippen LogP contribution in [0.1, 0.15) is 0 Å². The van der Waals surface area contributed by atoms with Crippen molar-refractivity contribution in [3.63, 3.8) is 0 Å². The maximum Gasteiger partial charge on any atom is 0.264 e. The zero-order valence-electron chi connectivity index (χ0n) is 12.9. The highest BCUT2D eigenvalue weighted by Gasteiger charge is 2.25. The molecule has 24 heavy (non-hydrogen) atoms. The third-order valence-corrected chi connectivity index (χ3v) is 3.77. The number of fused-ring (bicyclic) bond motifs is 1. The van der Waals surface area contributed by atoms with E-state index < -0.39 is 0 Å². The largest absolute Gasteiger partial charge is 0.484 e. The molecular formula is C17H15ClN2O4. The van der Waals surface area contributed by atoms with E-state index in [1.807, 2.05) is 0 Å². The Labute approximate surface area is 143 Å². The van der Waals surface area contributed by atoms with Crippen molar-refractivity contribution < 1.29 is 19.1 Å². The molecule has 2 aromatic carbocycles. The van der Waals surface area contributed by atoms with Crippen LogP contribution in [0.2, 0.25) is 5.02 Å². The maximum absolute atomic E-state index is 12.1. The summed E-state index contributed by atoms with van der Waals surface area (Å²) in [6.07, 6.45) is 0. The molecule has 3 rings (SSSR count). The van der Waals surface area contributed by atoms with Gasteiger partial charge in [-0.1, -0.05) is 17.7 Å². The lowest BCUT2D eigenvalue weighted by Crippen LogP contribution is -2.36. The zero-order chi connectivity index (χ0) is 17.1. The number of halogens is 1. The molecule has 0 radical (unpaired) electrons. The molecule has 0 unspecified atom stereocenters. The van der Waals surface area contributed by atoms with Gasteiger partial charge in [0.2, 0.25) is 0 Å². The highest BCUT2D eigenvalue weighted by atomic mass is 35.5. The van der Waals surface area contributed by atoms with E-state index in [-0.39, 0.29) is 25.0 Å². The van der Waals surface area contributed by atoms with Gasteiger partial charge in [-0.05, 0) is 36.4 Å². The van der Waals surface area contributed by atoms with Crippen molar-refractivity contribution >= 4 is 34.8 Å². The van der Waals surface area contributed by atoms with Crippen molar-refractivity contribution in [3.05, 3.63) is 47.5 Å². The van der Waals surface area contributed by atoms with Gasteiger partial charge in [-0.25, -0.2) is 0 Å². The Morgan fingerprint density at radius 3 is 2.79 bits per heavy atom. The van der Waals surface area contributed by atoms with Crippen LogP contribution >= 0.6 is 11.6 Å². The van der Waals surface area contributed by atoms with Crippen molar-refractivity contribution in [2.45, 2.75) is 0 Å². The van der Waals surface area contributed by atoms with E-state index in [0.717, 1.165) is 0 Å². The van der Waals surface area contributed by atoms with E-state index in [0.29, 0.717) is 27.9 Å². The second-order valence-electron chi connectivity index (χ2n) is 5.18. The molecule has 1 aliphatic heterocycles. The molecule has 0 saturated carbocycles. The van der Waals surface area contributed by atoms with Crippen LogP contribution in [-0.2, 0) is 9.59 Å². The highest BCUT2D eigenvalue weighted by molar-refractivity contribution is 6.30. The first-order valence-electron chi connectivity index (χ1n) is 7.25. The molecule has 0 saturated heterocycles. The van der Waals surface area contributed by atoms with Crippen molar-refractivity contribution in [1.82, 2.24) is 0 Å². The van der Waals surface area contributed by atoms with E-state index in [9.17, 15) is 9.59 Å². The van der Waals surface area contributed by atoms with E-state index in [1.54, 1.807) is 49.5 Å². The minimum atomic E-state index is -0.343. The fourth-order valence-corrected chi connectivity index (χ4v) is 2.44. The topological polar surface area (TPSA) is 67.9 Å². The number of anilines is 2. The quantitative estimate of drug-likeness (QED) is 0.924. The normalized spacial score (nSPS) is 13.1. The molecule has 2 amide bonds. The Balaban J connectivity index is 1.69. The molecule has 1 N–H and O–H groups in total. The molecular weight excluding hydrogens is 332 g/mol. The van der Waals surface area contributed by atoms with Crippen molar-refractivity contribution in [2.75, 3.05) is 30.5 Å². The lowest BCUT2D eigenvalue weighted by atomic mass is 10.2. The summed E-state index contributed by atoms with van der Waals surface area (Å²) in [6.45, 7) is -0.176. The SMILES string of the molecule is CN1C(=O)COc2cccc(NC(=O)COc3ccc(Cl)cc3)c21. The van der Waals surface area contributed by atoms with E-state index in [1.165, 1.54) is 4.90 Å². The Hall–Kier alpha value is -2.73. The standard InChI is InChI=1S/C17H15ClN2O4/c1-20-16(22)10-24-14-4-2-3-13(17(14)20)19-15(21)9-23-12-7-5-11(18)6-8-12/h2-8H,9-10H2,1H3,(H,19,21). The molecule has 1 heterocycles. The molecule has 6 nitrogen and oxygen atoms in total. The number of carbonyl (C=O) groups excluding carboxylic acids is 2. The van der Waals surface area contributed by atoms with E-state index in [4.69, 9.17) is 21.1 Å².